The van der Waals surface area contributed by atoms with Gasteiger partial charge in [-0.05, 0) is 19.1 Å². The highest BCUT2D eigenvalue weighted by Gasteiger charge is 2.07. The van der Waals surface area contributed by atoms with Crippen molar-refractivity contribution in [3.05, 3.63) is 34.1 Å². The molecule has 0 bridgehead atoms. The molecular weight excluding hydrogens is 161 g/mol. The second-order valence-electron chi connectivity index (χ2n) is 2.56. The SMILES string of the molecule is Cc1c(F)ccc2[nH]c(=O)oc12. The van der Waals surface area contributed by atoms with Crippen molar-refractivity contribution < 1.29 is 8.81 Å². The van der Waals surface area contributed by atoms with Crippen LogP contribution in [-0.2, 0) is 0 Å². The van der Waals surface area contributed by atoms with Gasteiger partial charge in [-0.25, -0.2) is 9.18 Å². The lowest BCUT2D eigenvalue weighted by molar-refractivity contribution is 0.546. The molecule has 1 aromatic heterocycles. The van der Waals surface area contributed by atoms with E-state index in [2.05, 4.69) is 4.98 Å². The summed E-state index contributed by atoms with van der Waals surface area (Å²) >= 11 is 0. The first-order valence-electron chi connectivity index (χ1n) is 3.46. The summed E-state index contributed by atoms with van der Waals surface area (Å²) in [4.78, 5) is 13.1. The summed E-state index contributed by atoms with van der Waals surface area (Å²) in [7, 11) is 0. The number of rotatable bonds is 0. The number of halogens is 1. The molecule has 0 fully saturated rings. The third-order valence-electron chi connectivity index (χ3n) is 1.77. The molecule has 0 spiro atoms. The van der Waals surface area contributed by atoms with Crippen molar-refractivity contribution in [3.63, 3.8) is 0 Å². The number of benzene rings is 1. The lowest BCUT2D eigenvalue weighted by atomic mass is 10.2. The summed E-state index contributed by atoms with van der Waals surface area (Å²) < 4.78 is 17.6. The topological polar surface area (TPSA) is 46.0 Å². The Kier molecular flexibility index (Phi) is 1.30. The van der Waals surface area contributed by atoms with Gasteiger partial charge in [0.2, 0.25) is 0 Å². The lowest BCUT2D eigenvalue weighted by Gasteiger charge is -1.93. The van der Waals surface area contributed by atoms with Gasteiger partial charge in [0.1, 0.15) is 5.82 Å². The van der Waals surface area contributed by atoms with Gasteiger partial charge in [0, 0.05) is 5.56 Å². The minimum absolute atomic E-state index is 0.292. The van der Waals surface area contributed by atoms with Crippen molar-refractivity contribution in [1.82, 2.24) is 4.98 Å². The Balaban J connectivity index is 2.99. The molecule has 0 amide bonds. The first-order chi connectivity index (χ1) is 5.68. The highest BCUT2D eigenvalue weighted by molar-refractivity contribution is 5.75. The number of fused-ring (bicyclic) bond motifs is 1. The number of aromatic amines is 1. The lowest BCUT2D eigenvalue weighted by Crippen LogP contribution is -1.92. The Morgan fingerprint density at radius 2 is 2.25 bits per heavy atom. The predicted molar refractivity (Wildman–Crippen MR) is 41.5 cm³/mol. The summed E-state index contributed by atoms with van der Waals surface area (Å²) in [6, 6.07) is 2.77. The third kappa shape index (κ3) is 0.845. The van der Waals surface area contributed by atoms with Gasteiger partial charge < -0.3 is 4.42 Å². The van der Waals surface area contributed by atoms with Crippen LogP contribution in [0.3, 0.4) is 0 Å². The van der Waals surface area contributed by atoms with Crippen LogP contribution in [0, 0.1) is 12.7 Å². The minimum atomic E-state index is -0.557. The largest absolute Gasteiger partial charge is 0.417 e. The highest BCUT2D eigenvalue weighted by atomic mass is 19.1. The van der Waals surface area contributed by atoms with Crippen molar-refractivity contribution in [1.29, 1.82) is 0 Å². The van der Waals surface area contributed by atoms with Gasteiger partial charge in [0.15, 0.2) is 5.58 Å². The molecule has 4 heteroatoms. The molecule has 0 saturated carbocycles. The van der Waals surface area contributed by atoms with Crippen molar-refractivity contribution in [2.24, 2.45) is 0 Å². The average molecular weight is 167 g/mol. The molecule has 1 N–H and O–H groups in total. The van der Waals surface area contributed by atoms with Gasteiger partial charge in [-0.2, -0.15) is 0 Å². The maximum Gasteiger partial charge on any atom is 0.417 e. The summed E-state index contributed by atoms with van der Waals surface area (Å²) in [6.45, 7) is 1.56. The number of nitrogens with one attached hydrogen (secondary N) is 1. The van der Waals surface area contributed by atoms with Gasteiger partial charge >= 0.3 is 5.76 Å². The first kappa shape index (κ1) is 7.09. The van der Waals surface area contributed by atoms with Crippen molar-refractivity contribution in [2.75, 3.05) is 0 Å². The number of aromatic nitrogens is 1. The second kappa shape index (κ2) is 2.20. The standard InChI is InChI=1S/C8H6FNO2/c1-4-5(9)2-3-6-7(4)12-8(11)10-6/h2-3H,1H3,(H,10,11). The maximum absolute atomic E-state index is 12.9. The molecule has 2 rings (SSSR count). The van der Waals surface area contributed by atoms with E-state index >= 15 is 0 Å². The zero-order valence-electron chi connectivity index (χ0n) is 6.35. The number of hydrogen-bond donors (Lipinski definition) is 1. The molecule has 0 unspecified atom stereocenters. The summed E-state index contributed by atoms with van der Waals surface area (Å²) in [5.74, 6) is -0.927. The van der Waals surface area contributed by atoms with Crippen LogP contribution in [0.15, 0.2) is 21.3 Å². The molecule has 3 nitrogen and oxygen atoms in total. The molecule has 0 radical (unpaired) electrons. The van der Waals surface area contributed by atoms with E-state index in [0.717, 1.165) is 0 Å². The monoisotopic (exact) mass is 167 g/mol. The molecule has 1 heterocycles. The van der Waals surface area contributed by atoms with Gasteiger partial charge in [-0.15, -0.1) is 0 Å². The van der Waals surface area contributed by atoms with Crippen LogP contribution in [0.5, 0.6) is 0 Å². The summed E-state index contributed by atoms with van der Waals surface area (Å²) in [6.07, 6.45) is 0. The number of H-pyrrole nitrogens is 1. The Morgan fingerprint density at radius 1 is 1.50 bits per heavy atom. The predicted octanol–water partition coefficient (Wildman–Crippen LogP) is 1.57. The van der Waals surface area contributed by atoms with Crippen LogP contribution < -0.4 is 5.76 Å². The molecule has 0 aliphatic rings. The highest BCUT2D eigenvalue weighted by Crippen LogP contribution is 2.17. The average Bonchev–Trinajstić information content (AvgIpc) is 2.39. The third-order valence-corrected chi connectivity index (χ3v) is 1.77. The van der Waals surface area contributed by atoms with E-state index in [-0.39, 0.29) is 5.82 Å². The Hall–Kier alpha value is -1.58. The van der Waals surface area contributed by atoms with Gasteiger partial charge in [0.05, 0.1) is 5.52 Å². The van der Waals surface area contributed by atoms with E-state index in [1.54, 1.807) is 6.92 Å². The normalized spacial score (nSPS) is 10.8. The number of oxazole rings is 1. The van der Waals surface area contributed by atoms with Gasteiger partial charge in [-0.1, -0.05) is 0 Å². The van der Waals surface area contributed by atoms with Crippen molar-refractivity contribution in [3.8, 4) is 0 Å². The second-order valence-corrected chi connectivity index (χ2v) is 2.56. The van der Waals surface area contributed by atoms with Crippen molar-refractivity contribution >= 4 is 11.1 Å². The van der Waals surface area contributed by atoms with Gasteiger partial charge in [-0.3, -0.25) is 4.98 Å². The van der Waals surface area contributed by atoms with E-state index in [0.29, 0.717) is 16.7 Å². The molecule has 12 heavy (non-hydrogen) atoms. The van der Waals surface area contributed by atoms with Crippen LogP contribution in [0.1, 0.15) is 5.56 Å². The quantitative estimate of drug-likeness (QED) is 0.647. The number of hydrogen-bond acceptors (Lipinski definition) is 2. The smallest absolute Gasteiger partial charge is 0.407 e. The molecule has 0 aliphatic heterocycles. The van der Waals surface area contributed by atoms with Crippen LogP contribution in [0.2, 0.25) is 0 Å². The molecule has 0 saturated heterocycles. The van der Waals surface area contributed by atoms with E-state index in [4.69, 9.17) is 4.42 Å². The fraction of sp³-hybridized carbons (Fsp3) is 0.125. The minimum Gasteiger partial charge on any atom is -0.407 e. The Morgan fingerprint density at radius 3 is 3.00 bits per heavy atom. The molecule has 0 aliphatic carbocycles. The zero-order chi connectivity index (χ0) is 8.72. The zero-order valence-corrected chi connectivity index (χ0v) is 6.35. The number of aryl methyl sites for hydroxylation is 1. The van der Waals surface area contributed by atoms with E-state index in [1.165, 1.54) is 12.1 Å². The Bertz CT molecular complexity index is 483. The molecule has 0 atom stereocenters. The van der Waals surface area contributed by atoms with Gasteiger partial charge in [0.25, 0.3) is 0 Å². The van der Waals surface area contributed by atoms with Crippen LogP contribution in [0.4, 0.5) is 4.39 Å². The molecule has 1 aromatic carbocycles. The van der Waals surface area contributed by atoms with Crippen LogP contribution >= 0.6 is 0 Å². The van der Waals surface area contributed by atoms with E-state index < -0.39 is 5.76 Å². The van der Waals surface area contributed by atoms with Crippen LogP contribution in [-0.4, -0.2) is 4.98 Å². The summed E-state index contributed by atoms with van der Waals surface area (Å²) in [5.41, 5.74) is 1.17. The maximum atomic E-state index is 12.9. The first-order valence-corrected chi connectivity index (χ1v) is 3.46. The summed E-state index contributed by atoms with van der Waals surface area (Å²) in [5, 5.41) is 0. The van der Waals surface area contributed by atoms with Crippen molar-refractivity contribution in [2.45, 2.75) is 6.92 Å². The molecule has 62 valence electrons. The van der Waals surface area contributed by atoms with E-state index in [1.807, 2.05) is 0 Å². The van der Waals surface area contributed by atoms with E-state index in [9.17, 15) is 9.18 Å². The Labute approximate surface area is 66.8 Å². The fourth-order valence-corrected chi connectivity index (χ4v) is 1.13. The molecule has 2 aromatic rings. The molecular formula is C8H6FNO2. The van der Waals surface area contributed by atoms with Crippen LogP contribution in [0.25, 0.3) is 11.1 Å². The fourth-order valence-electron chi connectivity index (χ4n) is 1.13.